The van der Waals surface area contributed by atoms with E-state index in [9.17, 15) is 4.39 Å². The molecule has 0 aliphatic carbocycles. The summed E-state index contributed by atoms with van der Waals surface area (Å²) in [6.07, 6.45) is 4.26. The van der Waals surface area contributed by atoms with Gasteiger partial charge in [-0.3, -0.25) is 0 Å². The van der Waals surface area contributed by atoms with Gasteiger partial charge in [-0.05, 0) is 326 Å². The lowest BCUT2D eigenvalue weighted by Gasteiger charge is -2.27. The van der Waals surface area contributed by atoms with Crippen molar-refractivity contribution in [2.45, 2.75) is 6.92 Å². The summed E-state index contributed by atoms with van der Waals surface area (Å²) >= 11 is 0. The first kappa shape index (κ1) is 89.4. The number of aromatic nitrogens is 3. The summed E-state index contributed by atoms with van der Waals surface area (Å²) in [5.41, 5.74) is 38.4. The fourth-order valence-electron chi connectivity index (χ4n) is 21.0. The maximum Gasteiger partial charge on any atom is 0.123 e. The molecule has 0 aliphatic heterocycles. The molecule has 3 aromatic heterocycles. The molecule has 0 atom stereocenters. The fourth-order valence-corrected chi connectivity index (χ4v) is 21.0. The second-order valence-corrected chi connectivity index (χ2v) is 36.8. The summed E-state index contributed by atoms with van der Waals surface area (Å²) in [4.78, 5) is 6.79. The maximum atomic E-state index is 13.8. The van der Waals surface area contributed by atoms with Crippen LogP contribution in [0.25, 0.3) is 183 Å². The molecule has 692 valence electrons. The molecule has 6 nitrogen and oxygen atoms in total. The Morgan fingerprint density at radius 1 is 0.171 bits per heavy atom. The summed E-state index contributed by atoms with van der Waals surface area (Å²) in [5, 5.41) is 9.92. The molecule has 0 saturated heterocycles. The first-order valence-electron chi connectivity index (χ1n) is 49.8. The van der Waals surface area contributed by atoms with E-state index >= 15 is 0 Å². The molecule has 23 aromatic carbocycles. The molecule has 26 aromatic rings. The highest BCUT2D eigenvalue weighted by molar-refractivity contribution is 6.15. The molecule has 0 unspecified atom stereocenters. The van der Waals surface area contributed by atoms with E-state index in [1.54, 1.807) is 0 Å². The third-order valence-corrected chi connectivity index (χ3v) is 27.9. The lowest BCUT2D eigenvalue weighted by molar-refractivity contribution is 0.628. The first-order valence-corrected chi connectivity index (χ1v) is 49.8. The normalized spacial score (nSPS) is 11.3. The van der Waals surface area contributed by atoms with E-state index in [-0.39, 0.29) is 5.82 Å². The smallest absolute Gasteiger partial charge is 0.123 e. The van der Waals surface area contributed by atoms with Gasteiger partial charge in [0.2, 0.25) is 0 Å². The number of rotatable bonds is 20. The van der Waals surface area contributed by atoms with E-state index in [1.165, 1.54) is 166 Å². The minimum absolute atomic E-state index is 0.250. The number of hydrogen-bond donors (Lipinski definition) is 0. The van der Waals surface area contributed by atoms with Gasteiger partial charge in [0, 0.05) is 101 Å². The standard InChI is InChI=1S/C48H33FN2.C46H32N2.C45H34N2/c49-40-23-27-44(28-24-40)50(41-15-6-2-7-16-41)43-25-19-35(20-26-43)36-13-10-14-37(31-36)39-22-30-48-46(33-39)45-32-38(34-11-4-1-5-12-34)21-29-47(45)51(48)42-17-8-3-9-18-42;1-4-17-36(18-5-1)47(37-19-6-2-7-20-37)45-30-28-39(40-23-10-11-24-41(40)45)35-16-14-15-33(31-35)34-27-29-46-43(32-34)42-25-12-13-26-44(42)48(46)38-21-8-3-9-22-38;1-2-29-46-44-27-23-37(33-13-6-3-7-14-33)31-42(44)43-32-38(24-28-45(43)46)36-16-12-15-35(30-36)34-21-25-41(26-22-34)47(39-17-8-4-9-18-39)40-19-10-5-11-20-40/h1-33H;1-32H;2-32H,1H3/b;;29-2+. The molecule has 0 N–H and O–H groups in total. The van der Waals surface area contributed by atoms with Gasteiger partial charge in [0.15, 0.2) is 0 Å². The highest BCUT2D eigenvalue weighted by Gasteiger charge is 2.24. The molecule has 0 radical (unpaired) electrons. The molecule has 0 spiro atoms. The number of benzene rings is 23. The quantitative estimate of drug-likeness (QED) is 0.0760. The second-order valence-electron chi connectivity index (χ2n) is 36.8. The van der Waals surface area contributed by atoms with Crippen LogP contribution in [-0.4, -0.2) is 13.7 Å². The van der Waals surface area contributed by atoms with Crippen molar-refractivity contribution < 1.29 is 4.39 Å². The van der Waals surface area contributed by atoms with E-state index in [2.05, 4.69) is 575 Å². The monoisotopic (exact) mass is 1870 g/mol. The minimum atomic E-state index is -0.250. The summed E-state index contributed by atoms with van der Waals surface area (Å²) in [5.74, 6) is -0.250. The van der Waals surface area contributed by atoms with Crippen LogP contribution in [0.2, 0.25) is 0 Å². The Morgan fingerprint density at radius 3 is 0.801 bits per heavy atom. The molecule has 7 heteroatoms. The zero-order chi connectivity index (χ0) is 97.6. The predicted molar refractivity (Wildman–Crippen MR) is 617 cm³/mol. The Balaban J connectivity index is 0.000000117. The van der Waals surface area contributed by atoms with Gasteiger partial charge in [0.25, 0.3) is 0 Å². The molecule has 26 rings (SSSR count). The molecular weight excluding hydrogens is 1770 g/mol. The van der Waals surface area contributed by atoms with Gasteiger partial charge in [-0.2, -0.15) is 0 Å². The average Bonchev–Trinajstić information content (AvgIpc) is 1.55. The summed E-state index contributed by atoms with van der Waals surface area (Å²) in [6.45, 7) is 2.07. The van der Waals surface area contributed by atoms with Gasteiger partial charge >= 0.3 is 0 Å². The molecule has 0 saturated carbocycles. The highest BCUT2D eigenvalue weighted by Crippen LogP contribution is 2.48. The Morgan fingerprint density at radius 2 is 0.418 bits per heavy atom. The number of hydrogen-bond acceptors (Lipinski definition) is 3. The van der Waals surface area contributed by atoms with Gasteiger partial charge in [-0.15, -0.1) is 0 Å². The van der Waals surface area contributed by atoms with Crippen LogP contribution in [0.3, 0.4) is 0 Å². The molecule has 146 heavy (non-hydrogen) atoms. The van der Waals surface area contributed by atoms with Crippen molar-refractivity contribution in [1.29, 1.82) is 0 Å². The lowest BCUT2D eigenvalue weighted by Crippen LogP contribution is -2.10. The van der Waals surface area contributed by atoms with Crippen LogP contribution in [0.1, 0.15) is 6.92 Å². The average molecular weight is 1870 g/mol. The zero-order valence-electron chi connectivity index (χ0n) is 80.5. The first-order chi connectivity index (χ1) is 72.3. The van der Waals surface area contributed by atoms with E-state index in [0.29, 0.717) is 0 Å². The zero-order valence-corrected chi connectivity index (χ0v) is 80.5. The van der Waals surface area contributed by atoms with Gasteiger partial charge in [-0.25, -0.2) is 4.39 Å². The number of anilines is 9. The van der Waals surface area contributed by atoms with E-state index < -0.39 is 0 Å². The van der Waals surface area contributed by atoms with Crippen molar-refractivity contribution in [2.75, 3.05) is 14.7 Å². The largest absolute Gasteiger partial charge is 0.316 e. The second kappa shape index (κ2) is 40.2. The summed E-state index contributed by atoms with van der Waals surface area (Å²) in [7, 11) is 0. The van der Waals surface area contributed by atoms with Crippen LogP contribution in [-0.2, 0) is 0 Å². The third-order valence-electron chi connectivity index (χ3n) is 27.9. The van der Waals surface area contributed by atoms with Crippen LogP contribution in [0.5, 0.6) is 0 Å². The van der Waals surface area contributed by atoms with Crippen LogP contribution in [0.4, 0.5) is 55.6 Å². The Hall–Kier alpha value is -19.2. The molecule has 0 aliphatic rings. The minimum Gasteiger partial charge on any atom is -0.316 e. The maximum absolute atomic E-state index is 13.8. The van der Waals surface area contributed by atoms with Crippen molar-refractivity contribution in [1.82, 2.24) is 13.7 Å². The number of nitrogens with zero attached hydrogens (tertiary/aromatic N) is 6. The number of fused-ring (bicyclic) bond motifs is 10. The lowest BCUT2D eigenvalue weighted by atomic mass is 9.93. The topological polar surface area (TPSA) is 24.5 Å². The molecular formula is C139H99FN6. The van der Waals surface area contributed by atoms with E-state index in [1.807, 2.05) is 30.3 Å². The van der Waals surface area contributed by atoms with Crippen molar-refractivity contribution >= 4 is 134 Å². The predicted octanol–water partition coefficient (Wildman–Crippen LogP) is 38.9. The van der Waals surface area contributed by atoms with E-state index in [4.69, 9.17) is 0 Å². The third kappa shape index (κ3) is 17.8. The summed E-state index contributed by atoms with van der Waals surface area (Å²) < 4.78 is 20.9. The van der Waals surface area contributed by atoms with Gasteiger partial charge in [-0.1, -0.05) is 352 Å². The van der Waals surface area contributed by atoms with Crippen LogP contribution < -0.4 is 14.7 Å². The van der Waals surface area contributed by atoms with E-state index in [0.717, 1.165) is 73.6 Å². The van der Waals surface area contributed by atoms with Crippen molar-refractivity contribution in [3.8, 4) is 100 Å². The highest BCUT2D eigenvalue weighted by atomic mass is 19.1. The number of allylic oxidation sites excluding steroid dienone is 1. The SMILES string of the molecule is C/C=C/n1c2ccc(-c3ccccc3)cc2c2cc(-c3cccc(-c4ccc(N(c5ccccc5)c5ccccc5)cc4)c3)ccc21.Fc1ccc(N(c2ccccc2)c2ccc(-c3cccc(-c4ccc5c(c4)c4cc(-c6ccccc6)ccc4n5-c4ccccc4)c3)cc2)cc1.c1ccc(N(c2ccccc2)c2ccc(-c3cccc(-c4ccc5c(c4)c4ccccc4n5-c4ccccc4)c3)c3ccccc23)cc1. The number of para-hydroxylation sites is 8. The van der Waals surface area contributed by atoms with Crippen molar-refractivity contribution in [2.24, 2.45) is 0 Å². The van der Waals surface area contributed by atoms with Crippen LogP contribution in [0.15, 0.2) is 576 Å². The van der Waals surface area contributed by atoms with Gasteiger partial charge in [0.05, 0.1) is 38.8 Å². The van der Waals surface area contributed by atoms with Crippen LogP contribution >= 0.6 is 0 Å². The van der Waals surface area contributed by atoms with Gasteiger partial charge < -0.3 is 28.4 Å². The van der Waals surface area contributed by atoms with Crippen LogP contribution in [0, 0.1) is 5.82 Å². The molecule has 3 heterocycles. The summed E-state index contributed by atoms with van der Waals surface area (Å²) in [6, 6.07) is 202. The van der Waals surface area contributed by atoms with Crippen molar-refractivity contribution in [3.05, 3.63) is 582 Å². The molecule has 0 bridgehead atoms. The fraction of sp³-hybridized carbons (Fsp3) is 0.00719. The van der Waals surface area contributed by atoms with Crippen molar-refractivity contribution in [3.63, 3.8) is 0 Å². The van der Waals surface area contributed by atoms with Gasteiger partial charge in [0.1, 0.15) is 5.82 Å². The number of halogens is 1. The molecule has 0 fully saturated rings. The Bertz CT molecular complexity index is 9120. The Kier molecular flexibility index (Phi) is 24.6. The molecule has 0 amide bonds. The Labute approximate surface area is 849 Å².